The maximum absolute atomic E-state index is 10.8. The Morgan fingerprint density at radius 2 is 1.53 bits per heavy atom. The number of terminal acetylenes is 1. The van der Waals surface area contributed by atoms with Gasteiger partial charge in [-0.25, -0.2) is 0 Å². The third-order valence-electron chi connectivity index (χ3n) is 1.81. The Labute approximate surface area is 89.3 Å². The minimum Gasteiger partial charge on any atom is -0.469 e. The van der Waals surface area contributed by atoms with E-state index in [-0.39, 0.29) is 24.8 Å². The van der Waals surface area contributed by atoms with Crippen LogP contribution in [-0.2, 0) is 19.1 Å². The lowest BCUT2D eigenvalue weighted by atomic mass is 10.3. The van der Waals surface area contributed by atoms with Gasteiger partial charge in [-0.05, 0) is 0 Å². The molecule has 0 aliphatic rings. The maximum Gasteiger partial charge on any atom is 0.307 e. The molecule has 5 nitrogen and oxygen atoms in total. The summed E-state index contributed by atoms with van der Waals surface area (Å²) in [4.78, 5) is 23.2. The maximum atomic E-state index is 10.8. The molecule has 0 amide bonds. The molecule has 0 aliphatic carbocycles. The van der Waals surface area contributed by atoms with Crippen LogP contribution in [0.5, 0.6) is 0 Å². The molecule has 0 heterocycles. The summed E-state index contributed by atoms with van der Waals surface area (Å²) in [6, 6.07) is 2.38. The van der Waals surface area contributed by atoms with Crippen molar-refractivity contribution in [2.45, 2.75) is 12.8 Å². The number of carbonyl (C=O) groups excluding carboxylic acids is 2. The Hall–Kier alpha value is -1.70. The highest BCUT2D eigenvalue weighted by molar-refractivity contribution is 5.70. The van der Waals surface area contributed by atoms with Gasteiger partial charge in [0, 0.05) is 19.1 Å². The van der Waals surface area contributed by atoms with Gasteiger partial charge in [0.2, 0.25) is 0 Å². The first kappa shape index (κ1) is 13.3. The fourth-order valence-corrected chi connectivity index (χ4v) is 0.898. The molecule has 0 N–H and O–H groups in total. The summed E-state index contributed by atoms with van der Waals surface area (Å²) < 4.78 is 8.93. The molecule has 84 valence electrons. The van der Waals surface area contributed by atoms with Crippen molar-refractivity contribution < 1.29 is 19.1 Å². The zero-order chi connectivity index (χ0) is 11.7. The van der Waals surface area contributed by atoms with E-state index in [0.717, 1.165) is 0 Å². The Kier molecular flexibility index (Phi) is 6.81. The van der Waals surface area contributed by atoms with E-state index in [1.165, 1.54) is 19.1 Å². The number of carbonyl (C=O) groups is 2. The normalized spacial score (nSPS) is 8.87. The fraction of sp³-hybridized carbons (Fsp3) is 0.600. The van der Waals surface area contributed by atoms with Crippen LogP contribution < -0.4 is 0 Å². The van der Waals surface area contributed by atoms with Gasteiger partial charge in [-0.1, -0.05) is 6.42 Å². The molecule has 0 spiro atoms. The van der Waals surface area contributed by atoms with Gasteiger partial charge in [0.05, 0.1) is 27.1 Å². The van der Waals surface area contributed by atoms with E-state index in [1.807, 2.05) is 0 Å². The third-order valence-corrected chi connectivity index (χ3v) is 1.81. The van der Waals surface area contributed by atoms with Crippen LogP contribution >= 0.6 is 0 Å². The van der Waals surface area contributed by atoms with Gasteiger partial charge in [-0.3, -0.25) is 9.59 Å². The van der Waals surface area contributed by atoms with Crippen LogP contribution in [0.15, 0.2) is 0 Å². The minimum absolute atomic E-state index is 0.210. The second-order valence-electron chi connectivity index (χ2n) is 2.77. The standard InChI is InChI=1S/C10H15NO4/c1-4-11(7-5-9(12)14-2)8-6-10(13)15-3/h1H,5-8H2,2-3H3. The molecule has 0 aromatic carbocycles. The summed E-state index contributed by atoms with van der Waals surface area (Å²) >= 11 is 0. The van der Waals surface area contributed by atoms with E-state index in [4.69, 9.17) is 6.42 Å². The lowest BCUT2D eigenvalue weighted by Gasteiger charge is -2.15. The Balaban J connectivity index is 3.79. The zero-order valence-corrected chi connectivity index (χ0v) is 8.99. The third kappa shape index (κ3) is 6.38. The summed E-state index contributed by atoms with van der Waals surface area (Å²) in [5, 5.41) is 0. The molecule has 0 aliphatic heterocycles. The smallest absolute Gasteiger partial charge is 0.307 e. The first-order chi connectivity index (χ1) is 7.13. The monoisotopic (exact) mass is 213 g/mol. The molecule has 0 fully saturated rings. The highest BCUT2D eigenvalue weighted by atomic mass is 16.5. The molecule has 15 heavy (non-hydrogen) atoms. The first-order valence-electron chi connectivity index (χ1n) is 4.48. The van der Waals surface area contributed by atoms with Gasteiger partial charge in [-0.2, -0.15) is 0 Å². The molecule has 0 bridgehead atoms. The zero-order valence-electron chi connectivity index (χ0n) is 8.99. The van der Waals surface area contributed by atoms with Crippen LogP contribution in [0.1, 0.15) is 12.8 Å². The predicted octanol–water partition coefficient (Wildman–Crippen LogP) is 0.00530. The van der Waals surface area contributed by atoms with Crippen LogP contribution in [-0.4, -0.2) is 44.1 Å². The molecule has 0 unspecified atom stereocenters. The van der Waals surface area contributed by atoms with Gasteiger partial charge in [0.1, 0.15) is 0 Å². The molecule has 0 radical (unpaired) electrons. The topological polar surface area (TPSA) is 55.8 Å². The molecular formula is C10H15NO4. The van der Waals surface area contributed by atoms with E-state index < -0.39 is 0 Å². The molecular weight excluding hydrogens is 198 g/mol. The summed E-state index contributed by atoms with van der Waals surface area (Å²) in [5.41, 5.74) is 0. The lowest BCUT2D eigenvalue weighted by molar-refractivity contribution is -0.140. The highest BCUT2D eigenvalue weighted by Gasteiger charge is 2.07. The summed E-state index contributed by atoms with van der Waals surface area (Å²) in [6.07, 6.45) is 5.62. The van der Waals surface area contributed by atoms with Crippen LogP contribution in [0.3, 0.4) is 0 Å². The molecule has 0 aromatic heterocycles. The van der Waals surface area contributed by atoms with Crippen molar-refractivity contribution in [1.82, 2.24) is 4.90 Å². The summed E-state index contributed by atoms with van der Waals surface area (Å²) in [7, 11) is 2.63. The van der Waals surface area contributed by atoms with E-state index >= 15 is 0 Å². The average molecular weight is 213 g/mol. The molecule has 0 rings (SSSR count). The van der Waals surface area contributed by atoms with Crippen molar-refractivity contribution in [1.29, 1.82) is 0 Å². The van der Waals surface area contributed by atoms with Gasteiger partial charge in [0.15, 0.2) is 0 Å². The second-order valence-corrected chi connectivity index (χ2v) is 2.77. The van der Waals surface area contributed by atoms with E-state index in [9.17, 15) is 9.59 Å². The van der Waals surface area contributed by atoms with Gasteiger partial charge in [-0.15, -0.1) is 0 Å². The van der Waals surface area contributed by atoms with Gasteiger partial charge >= 0.3 is 11.9 Å². The predicted molar refractivity (Wildman–Crippen MR) is 53.7 cm³/mol. The molecule has 0 atom stereocenters. The van der Waals surface area contributed by atoms with Crippen molar-refractivity contribution in [3.63, 3.8) is 0 Å². The molecule has 0 saturated carbocycles. The largest absolute Gasteiger partial charge is 0.469 e. The second kappa shape index (κ2) is 7.68. The van der Waals surface area contributed by atoms with Crippen molar-refractivity contribution in [2.75, 3.05) is 27.3 Å². The fourth-order valence-electron chi connectivity index (χ4n) is 0.898. The Bertz CT molecular complexity index is 237. The van der Waals surface area contributed by atoms with Crippen LogP contribution in [0.2, 0.25) is 0 Å². The first-order valence-corrected chi connectivity index (χ1v) is 4.48. The SMILES string of the molecule is C#CN(CCC(=O)OC)CCC(=O)OC. The van der Waals surface area contributed by atoms with Gasteiger partial charge in [0.25, 0.3) is 0 Å². The summed E-state index contributed by atoms with van der Waals surface area (Å²) in [5.74, 6) is -0.651. The molecule has 0 saturated heterocycles. The highest BCUT2D eigenvalue weighted by Crippen LogP contribution is 1.95. The van der Waals surface area contributed by atoms with Gasteiger partial charge < -0.3 is 14.4 Å². The number of esters is 2. The Morgan fingerprint density at radius 1 is 1.13 bits per heavy atom. The van der Waals surface area contributed by atoms with E-state index in [0.29, 0.717) is 13.1 Å². The number of ether oxygens (including phenoxy) is 2. The Morgan fingerprint density at radius 3 is 1.80 bits per heavy atom. The van der Waals surface area contributed by atoms with Crippen molar-refractivity contribution in [2.24, 2.45) is 0 Å². The van der Waals surface area contributed by atoms with E-state index in [2.05, 4.69) is 15.5 Å². The average Bonchev–Trinajstić information content (AvgIpc) is 2.28. The quantitative estimate of drug-likeness (QED) is 0.353. The number of hydrogen-bond acceptors (Lipinski definition) is 5. The van der Waals surface area contributed by atoms with Crippen LogP contribution in [0.4, 0.5) is 0 Å². The number of nitrogens with zero attached hydrogens (tertiary/aromatic N) is 1. The number of rotatable bonds is 6. The number of methoxy groups -OCH3 is 2. The number of hydrogen-bond donors (Lipinski definition) is 0. The van der Waals surface area contributed by atoms with Crippen molar-refractivity contribution >= 4 is 11.9 Å². The lowest BCUT2D eigenvalue weighted by Crippen LogP contribution is -2.24. The summed E-state index contributed by atoms with van der Waals surface area (Å²) in [6.45, 7) is 0.750. The van der Waals surface area contributed by atoms with Crippen molar-refractivity contribution in [3.05, 3.63) is 0 Å². The van der Waals surface area contributed by atoms with E-state index in [1.54, 1.807) is 0 Å². The molecule has 0 aromatic rings. The minimum atomic E-state index is -0.326. The van der Waals surface area contributed by atoms with Crippen LogP contribution in [0, 0.1) is 12.5 Å². The van der Waals surface area contributed by atoms with Crippen LogP contribution in [0.25, 0.3) is 0 Å². The molecule has 5 heteroatoms. The van der Waals surface area contributed by atoms with Crippen molar-refractivity contribution in [3.8, 4) is 12.5 Å².